The first kappa shape index (κ1) is 24.5. The molecule has 2 unspecified atom stereocenters. The lowest BCUT2D eigenvalue weighted by Gasteiger charge is -2.41. The molecule has 4 rings (SSSR count). The summed E-state index contributed by atoms with van der Waals surface area (Å²) in [7, 11) is 0. The van der Waals surface area contributed by atoms with E-state index in [9.17, 15) is 14.7 Å². The summed E-state index contributed by atoms with van der Waals surface area (Å²) >= 11 is 0. The molecule has 2 aliphatic rings. The van der Waals surface area contributed by atoms with Crippen LogP contribution in [0.3, 0.4) is 0 Å². The number of allylic oxidation sites excluding steroid dienone is 1. The van der Waals surface area contributed by atoms with E-state index in [4.69, 9.17) is 9.73 Å². The lowest BCUT2D eigenvalue weighted by molar-refractivity contribution is -0.147. The fraction of sp³-hybridized carbons (Fsp3) is 0.367. The standard InChI is InChI=1S/C30H31NO4/c1-3-35-28(32)26-21(2)31-27(24-16-10-11-17-24)30(29(33)34,20-23-14-8-5-9-15-23)25(26)19-18-22-12-6-4-7-13-22/h4-9,12-15,24-25H,3,10-11,16-17,20H2,1-2H3,(H,33,34). The number of esters is 1. The Morgan fingerprint density at radius 2 is 1.69 bits per heavy atom. The lowest BCUT2D eigenvalue weighted by Crippen LogP contribution is -2.53. The van der Waals surface area contributed by atoms with Crippen molar-refractivity contribution in [3.63, 3.8) is 0 Å². The number of aliphatic imine (C=N–C) groups is 1. The van der Waals surface area contributed by atoms with E-state index >= 15 is 0 Å². The summed E-state index contributed by atoms with van der Waals surface area (Å²) in [6, 6.07) is 19.0. The molecule has 1 N–H and O–H groups in total. The van der Waals surface area contributed by atoms with Gasteiger partial charge in [0.1, 0.15) is 5.41 Å². The van der Waals surface area contributed by atoms with Gasteiger partial charge in [-0.05, 0) is 56.7 Å². The second-order valence-corrected chi connectivity index (χ2v) is 9.21. The third-order valence-corrected chi connectivity index (χ3v) is 7.00. The Bertz CT molecular complexity index is 1200. The Labute approximate surface area is 206 Å². The van der Waals surface area contributed by atoms with Crippen LogP contribution < -0.4 is 0 Å². The summed E-state index contributed by atoms with van der Waals surface area (Å²) in [6.45, 7) is 3.70. The van der Waals surface area contributed by atoms with Gasteiger partial charge >= 0.3 is 11.9 Å². The van der Waals surface area contributed by atoms with Crippen LogP contribution in [0.4, 0.5) is 0 Å². The summed E-state index contributed by atoms with van der Waals surface area (Å²) < 4.78 is 5.39. The molecule has 35 heavy (non-hydrogen) atoms. The normalized spacial score (nSPS) is 22.2. The molecule has 2 aromatic carbocycles. The number of carboxylic acid groups (broad SMARTS) is 1. The summed E-state index contributed by atoms with van der Waals surface area (Å²) in [5.74, 6) is 3.99. The molecule has 1 aliphatic carbocycles. The molecule has 0 aromatic heterocycles. The number of ether oxygens (including phenoxy) is 1. The molecule has 1 heterocycles. The maximum Gasteiger partial charge on any atom is 0.337 e. The number of carbonyl (C=O) groups is 2. The SMILES string of the molecule is CCOC(=O)C1=C(C)N=C(C2CCCC2)C(Cc2ccccc2)(C(=O)O)C1C#Cc1ccccc1. The van der Waals surface area contributed by atoms with Crippen molar-refractivity contribution in [1.82, 2.24) is 0 Å². The van der Waals surface area contributed by atoms with Crippen molar-refractivity contribution in [3.8, 4) is 11.8 Å². The summed E-state index contributed by atoms with van der Waals surface area (Å²) in [6.07, 6.45) is 4.06. The molecular formula is C30H31NO4. The second kappa shape index (κ2) is 10.7. The van der Waals surface area contributed by atoms with Crippen molar-refractivity contribution >= 4 is 17.7 Å². The average molecular weight is 470 g/mol. The third kappa shape index (κ3) is 4.93. The van der Waals surface area contributed by atoms with Crippen molar-refractivity contribution in [3.05, 3.63) is 83.1 Å². The van der Waals surface area contributed by atoms with E-state index in [1.165, 1.54) is 0 Å². The lowest BCUT2D eigenvalue weighted by atomic mass is 9.61. The minimum atomic E-state index is -1.47. The molecule has 1 aliphatic heterocycles. The number of hydrogen-bond acceptors (Lipinski definition) is 4. The predicted molar refractivity (Wildman–Crippen MR) is 136 cm³/mol. The van der Waals surface area contributed by atoms with E-state index in [1.807, 2.05) is 60.7 Å². The van der Waals surface area contributed by atoms with E-state index in [0.717, 1.165) is 36.8 Å². The topological polar surface area (TPSA) is 76.0 Å². The largest absolute Gasteiger partial charge is 0.480 e. The Morgan fingerprint density at radius 1 is 1.06 bits per heavy atom. The number of benzene rings is 2. The second-order valence-electron chi connectivity index (χ2n) is 9.21. The molecule has 2 atom stereocenters. The van der Waals surface area contributed by atoms with Gasteiger partial charge in [-0.3, -0.25) is 9.79 Å². The van der Waals surface area contributed by atoms with Crippen LogP contribution >= 0.6 is 0 Å². The van der Waals surface area contributed by atoms with Gasteiger partial charge < -0.3 is 9.84 Å². The fourth-order valence-electron chi connectivity index (χ4n) is 5.36. The maximum absolute atomic E-state index is 13.4. The Balaban J connectivity index is 1.97. The molecule has 0 amide bonds. The average Bonchev–Trinajstić information content (AvgIpc) is 3.39. The van der Waals surface area contributed by atoms with Gasteiger partial charge in [0.05, 0.1) is 18.1 Å². The first-order chi connectivity index (χ1) is 17.0. The molecule has 0 radical (unpaired) electrons. The van der Waals surface area contributed by atoms with Crippen molar-refractivity contribution in [2.75, 3.05) is 6.61 Å². The number of nitrogens with zero attached hydrogens (tertiary/aromatic N) is 1. The number of hydrogen-bond donors (Lipinski definition) is 1. The predicted octanol–water partition coefficient (Wildman–Crippen LogP) is 5.45. The van der Waals surface area contributed by atoms with Crippen LogP contribution in [0.2, 0.25) is 0 Å². The number of carboxylic acids is 1. The molecule has 5 nitrogen and oxygen atoms in total. The number of rotatable bonds is 6. The van der Waals surface area contributed by atoms with E-state index in [0.29, 0.717) is 11.4 Å². The Hall–Kier alpha value is -3.65. The zero-order valence-electron chi connectivity index (χ0n) is 20.3. The summed E-state index contributed by atoms with van der Waals surface area (Å²) in [5, 5.41) is 10.9. The van der Waals surface area contributed by atoms with Crippen molar-refractivity contribution < 1.29 is 19.4 Å². The van der Waals surface area contributed by atoms with Gasteiger partial charge in [-0.1, -0.05) is 73.2 Å². The molecule has 0 bridgehead atoms. The van der Waals surface area contributed by atoms with Gasteiger partial charge in [0.15, 0.2) is 0 Å². The number of carbonyl (C=O) groups excluding carboxylic acids is 1. The van der Waals surface area contributed by atoms with Gasteiger partial charge in [0, 0.05) is 17.0 Å². The zero-order chi connectivity index (χ0) is 24.8. The fourth-order valence-corrected chi connectivity index (χ4v) is 5.36. The van der Waals surface area contributed by atoms with Crippen molar-refractivity contribution in [2.24, 2.45) is 22.2 Å². The van der Waals surface area contributed by atoms with Crippen LogP contribution in [0.5, 0.6) is 0 Å². The molecule has 0 spiro atoms. The molecular weight excluding hydrogens is 438 g/mol. The highest BCUT2D eigenvalue weighted by atomic mass is 16.5. The van der Waals surface area contributed by atoms with Crippen LogP contribution in [0.25, 0.3) is 0 Å². The van der Waals surface area contributed by atoms with Gasteiger partial charge in [0.2, 0.25) is 0 Å². The van der Waals surface area contributed by atoms with Crippen molar-refractivity contribution in [2.45, 2.75) is 46.0 Å². The third-order valence-electron chi connectivity index (χ3n) is 7.00. The molecule has 180 valence electrons. The molecule has 2 aromatic rings. The van der Waals surface area contributed by atoms with E-state index in [-0.39, 0.29) is 24.5 Å². The first-order valence-electron chi connectivity index (χ1n) is 12.3. The van der Waals surface area contributed by atoms with Gasteiger partial charge in [-0.15, -0.1) is 0 Å². The van der Waals surface area contributed by atoms with E-state index in [2.05, 4.69) is 11.8 Å². The van der Waals surface area contributed by atoms with Crippen LogP contribution in [0.1, 0.15) is 50.7 Å². The summed E-state index contributed by atoms with van der Waals surface area (Å²) in [4.78, 5) is 31.5. The minimum Gasteiger partial charge on any atom is -0.480 e. The molecule has 1 saturated carbocycles. The van der Waals surface area contributed by atoms with E-state index in [1.54, 1.807) is 13.8 Å². The smallest absolute Gasteiger partial charge is 0.337 e. The molecule has 0 saturated heterocycles. The van der Waals surface area contributed by atoms with Gasteiger partial charge in [0.25, 0.3) is 0 Å². The Kier molecular flexibility index (Phi) is 7.51. The monoisotopic (exact) mass is 469 g/mol. The van der Waals surface area contributed by atoms with Crippen LogP contribution in [-0.2, 0) is 20.7 Å². The van der Waals surface area contributed by atoms with Gasteiger partial charge in [-0.2, -0.15) is 0 Å². The van der Waals surface area contributed by atoms with Crippen LogP contribution in [-0.4, -0.2) is 29.4 Å². The Morgan fingerprint density at radius 3 is 2.29 bits per heavy atom. The maximum atomic E-state index is 13.4. The molecule has 1 fully saturated rings. The van der Waals surface area contributed by atoms with Crippen LogP contribution in [0.15, 0.2) is 76.9 Å². The van der Waals surface area contributed by atoms with Gasteiger partial charge in [-0.25, -0.2) is 4.79 Å². The summed E-state index contributed by atoms with van der Waals surface area (Å²) in [5.41, 5.74) is 1.55. The zero-order valence-corrected chi connectivity index (χ0v) is 20.3. The van der Waals surface area contributed by atoms with Crippen molar-refractivity contribution in [1.29, 1.82) is 0 Å². The molecule has 5 heteroatoms. The van der Waals surface area contributed by atoms with Crippen LogP contribution in [0, 0.1) is 29.1 Å². The highest BCUT2D eigenvalue weighted by molar-refractivity contribution is 6.12. The number of aliphatic carboxylic acids is 1. The first-order valence-corrected chi connectivity index (χ1v) is 12.3. The highest BCUT2D eigenvalue weighted by Gasteiger charge is 2.56. The minimum absolute atomic E-state index is 0.0505. The quantitative estimate of drug-likeness (QED) is 0.451. The highest BCUT2D eigenvalue weighted by Crippen LogP contribution is 2.48. The van der Waals surface area contributed by atoms with E-state index < -0.39 is 23.3 Å².